The molecule has 0 heterocycles. The first-order chi connectivity index (χ1) is 6.18. The van der Waals surface area contributed by atoms with E-state index in [4.69, 9.17) is 0 Å². The Labute approximate surface area is 85.1 Å². The smallest absolute Gasteiger partial charge is 0.0298 e. The van der Waals surface area contributed by atoms with Crippen molar-refractivity contribution < 1.29 is 0 Å². The van der Waals surface area contributed by atoms with E-state index >= 15 is 0 Å². The van der Waals surface area contributed by atoms with Gasteiger partial charge in [-0.2, -0.15) is 0 Å². The van der Waals surface area contributed by atoms with Crippen LogP contribution in [0.2, 0.25) is 0 Å². The molecule has 0 radical (unpaired) electrons. The third-order valence-electron chi connectivity index (χ3n) is 3.26. The first-order valence-electron chi connectivity index (χ1n) is 6.18. The van der Waals surface area contributed by atoms with Crippen LogP contribution in [-0.4, -0.2) is 0 Å². The molecule has 0 N–H and O–H groups in total. The zero-order valence-electron chi connectivity index (χ0n) is 10.3. The molecule has 0 aromatic heterocycles. The summed E-state index contributed by atoms with van der Waals surface area (Å²) in [6.07, 6.45) is 8.85. The predicted octanol–water partition coefficient (Wildman–Crippen LogP) is 5.03. The molecule has 0 spiro atoms. The SMILES string of the molecule is CC.CCC1(CC(C)C)CCCC1. The molecule has 0 bridgehead atoms. The van der Waals surface area contributed by atoms with Gasteiger partial charge in [-0.1, -0.05) is 53.9 Å². The Hall–Kier alpha value is 0. The molecule has 1 aliphatic carbocycles. The highest BCUT2D eigenvalue weighted by Crippen LogP contribution is 2.45. The zero-order chi connectivity index (χ0) is 10.3. The first kappa shape index (κ1) is 13.0. The second-order valence-corrected chi connectivity index (χ2v) is 4.66. The molecule has 0 amide bonds. The van der Waals surface area contributed by atoms with Crippen LogP contribution in [0.3, 0.4) is 0 Å². The van der Waals surface area contributed by atoms with Crippen LogP contribution in [-0.2, 0) is 0 Å². The van der Waals surface area contributed by atoms with Crippen LogP contribution in [0.15, 0.2) is 0 Å². The van der Waals surface area contributed by atoms with Crippen molar-refractivity contribution in [3.8, 4) is 0 Å². The van der Waals surface area contributed by atoms with Gasteiger partial charge in [-0.3, -0.25) is 0 Å². The molecule has 1 saturated carbocycles. The topological polar surface area (TPSA) is 0 Å². The van der Waals surface area contributed by atoms with Crippen molar-refractivity contribution in [2.24, 2.45) is 11.3 Å². The second kappa shape index (κ2) is 6.45. The van der Waals surface area contributed by atoms with Crippen molar-refractivity contribution >= 4 is 0 Å². The quantitative estimate of drug-likeness (QED) is 0.577. The largest absolute Gasteiger partial charge is 0.0683 e. The highest BCUT2D eigenvalue weighted by molar-refractivity contribution is 4.83. The van der Waals surface area contributed by atoms with Crippen LogP contribution in [0.1, 0.15) is 73.1 Å². The summed E-state index contributed by atoms with van der Waals surface area (Å²) in [7, 11) is 0. The maximum atomic E-state index is 2.37. The normalized spacial score (nSPS) is 19.8. The van der Waals surface area contributed by atoms with E-state index in [0.29, 0.717) is 0 Å². The molecular weight excluding hydrogens is 156 g/mol. The van der Waals surface area contributed by atoms with E-state index in [1.165, 1.54) is 38.5 Å². The molecule has 0 aromatic rings. The third kappa shape index (κ3) is 4.15. The number of hydrogen-bond acceptors (Lipinski definition) is 0. The van der Waals surface area contributed by atoms with E-state index in [2.05, 4.69) is 20.8 Å². The van der Waals surface area contributed by atoms with E-state index in [-0.39, 0.29) is 0 Å². The maximum absolute atomic E-state index is 2.37. The number of hydrogen-bond donors (Lipinski definition) is 0. The van der Waals surface area contributed by atoms with Crippen LogP contribution in [0.25, 0.3) is 0 Å². The van der Waals surface area contributed by atoms with Crippen LogP contribution >= 0.6 is 0 Å². The highest BCUT2D eigenvalue weighted by Gasteiger charge is 2.31. The Kier molecular flexibility index (Phi) is 6.45. The molecule has 13 heavy (non-hydrogen) atoms. The average Bonchev–Trinajstić information content (AvgIpc) is 2.56. The van der Waals surface area contributed by atoms with Gasteiger partial charge in [0.25, 0.3) is 0 Å². The summed E-state index contributed by atoms with van der Waals surface area (Å²) in [4.78, 5) is 0. The van der Waals surface area contributed by atoms with E-state index in [1.807, 2.05) is 13.8 Å². The van der Waals surface area contributed by atoms with E-state index in [0.717, 1.165) is 11.3 Å². The van der Waals surface area contributed by atoms with Gasteiger partial charge in [-0.15, -0.1) is 0 Å². The van der Waals surface area contributed by atoms with Gasteiger partial charge in [-0.25, -0.2) is 0 Å². The predicted molar refractivity (Wildman–Crippen MR) is 62.0 cm³/mol. The molecule has 80 valence electrons. The zero-order valence-corrected chi connectivity index (χ0v) is 10.3. The molecule has 0 aromatic carbocycles. The molecule has 0 aliphatic heterocycles. The lowest BCUT2D eigenvalue weighted by Crippen LogP contribution is -2.17. The molecule has 0 heteroatoms. The number of rotatable bonds is 3. The van der Waals surface area contributed by atoms with Crippen LogP contribution in [0.4, 0.5) is 0 Å². The van der Waals surface area contributed by atoms with E-state index < -0.39 is 0 Å². The Balaban J connectivity index is 0.000000671. The van der Waals surface area contributed by atoms with Gasteiger partial charge in [0.15, 0.2) is 0 Å². The standard InChI is InChI=1S/C11H22.C2H6/c1-4-11(9-10(2)3)7-5-6-8-11;1-2/h10H,4-9H2,1-3H3;1-2H3. The summed E-state index contributed by atoms with van der Waals surface area (Å²) in [6, 6.07) is 0. The molecule has 1 rings (SSSR count). The summed E-state index contributed by atoms with van der Waals surface area (Å²) < 4.78 is 0. The lowest BCUT2D eigenvalue weighted by atomic mass is 9.76. The lowest BCUT2D eigenvalue weighted by molar-refractivity contribution is 0.225. The van der Waals surface area contributed by atoms with Crippen molar-refractivity contribution in [1.29, 1.82) is 0 Å². The summed E-state index contributed by atoms with van der Waals surface area (Å²) in [6.45, 7) is 11.1. The van der Waals surface area contributed by atoms with Gasteiger partial charge in [0.1, 0.15) is 0 Å². The van der Waals surface area contributed by atoms with Crippen molar-refractivity contribution in [3.63, 3.8) is 0 Å². The molecule has 1 aliphatic rings. The fraction of sp³-hybridized carbons (Fsp3) is 1.00. The molecule has 0 nitrogen and oxygen atoms in total. The average molecular weight is 184 g/mol. The Morgan fingerprint density at radius 2 is 1.54 bits per heavy atom. The fourth-order valence-electron chi connectivity index (χ4n) is 2.69. The van der Waals surface area contributed by atoms with Crippen LogP contribution < -0.4 is 0 Å². The Bertz CT molecular complexity index is 107. The van der Waals surface area contributed by atoms with Gasteiger partial charge >= 0.3 is 0 Å². The molecule has 0 saturated heterocycles. The van der Waals surface area contributed by atoms with Gasteiger partial charge in [0, 0.05) is 0 Å². The van der Waals surface area contributed by atoms with Gasteiger partial charge < -0.3 is 0 Å². The van der Waals surface area contributed by atoms with Crippen LogP contribution in [0.5, 0.6) is 0 Å². The summed E-state index contributed by atoms with van der Waals surface area (Å²) in [5.74, 6) is 0.896. The Morgan fingerprint density at radius 3 is 1.85 bits per heavy atom. The monoisotopic (exact) mass is 184 g/mol. The minimum atomic E-state index is 0.758. The van der Waals surface area contributed by atoms with Gasteiger partial charge in [-0.05, 0) is 30.6 Å². The maximum Gasteiger partial charge on any atom is -0.0298 e. The molecular formula is C13H28. The summed E-state index contributed by atoms with van der Waals surface area (Å²) in [5, 5.41) is 0. The molecule has 0 unspecified atom stereocenters. The lowest BCUT2D eigenvalue weighted by Gasteiger charge is -2.29. The fourth-order valence-corrected chi connectivity index (χ4v) is 2.69. The Morgan fingerprint density at radius 1 is 1.08 bits per heavy atom. The van der Waals surface area contributed by atoms with Crippen molar-refractivity contribution in [2.75, 3.05) is 0 Å². The molecule has 0 atom stereocenters. The van der Waals surface area contributed by atoms with E-state index in [9.17, 15) is 0 Å². The summed E-state index contributed by atoms with van der Waals surface area (Å²) >= 11 is 0. The molecule has 1 fully saturated rings. The third-order valence-corrected chi connectivity index (χ3v) is 3.26. The van der Waals surface area contributed by atoms with Crippen molar-refractivity contribution in [2.45, 2.75) is 73.1 Å². The summed E-state index contributed by atoms with van der Waals surface area (Å²) in [5.41, 5.74) is 0.758. The van der Waals surface area contributed by atoms with E-state index in [1.54, 1.807) is 0 Å². The minimum absolute atomic E-state index is 0.758. The first-order valence-corrected chi connectivity index (χ1v) is 6.18. The van der Waals surface area contributed by atoms with Gasteiger partial charge in [0.2, 0.25) is 0 Å². The van der Waals surface area contributed by atoms with Crippen molar-refractivity contribution in [1.82, 2.24) is 0 Å². The van der Waals surface area contributed by atoms with Gasteiger partial charge in [0.05, 0.1) is 0 Å². The van der Waals surface area contributed by atoms with Crippen molar-refractivity contribution in [3.05, 3.63) is 0 Å². The van der Waals surface area contributed by atoms with Crippen LogP contribution in [0, 0.1) is 11.3 Å². The minimum Gasteiger partial charge on any atom is -0.0683 e. The highest BCUT2D eigenvalue weighted by atomic mass is 14.4. The second-order valence-electron chi connectivity index (χ2n) is 4.66.